The van der Waals surface area contributed by atoms with Crippen molar-refractivity contribution in [2.24, 2.45) is 5.41 Å². The van der Waals surface area contributed by atoms with Crippen LogP contribution in [0.1, 0.15) is 20.3 Å². The predicted octanol–water partition coefficient (Wildman–Crippen LogP) is 1.40. The summed E-state index contributed by atoms with van der Waals surface area (Å²) in [5, 5.41) is 0. The van der Waals surface area contributed by atoms with Gasteiger partial charge in [-0.15, -0.1) is 6.58 Å². The summed E-state index contributed by atoms with van der Waals surface area (Å²) >= 11 is 0. The Balaban J connectivity index is 5.12. The number of carbonyl (C=O) groups excluding carboxylic acids is 3. The van der Waals surface area contributed by atoms with E-state index in [1.54, 1.807) is 13.8 Å². The van der Waals surface area contributed by atoms with Crippen molar-refractivity contribution in [2.45, 2.75) is 20.3 Å². The van der Waals surface area contributed by atoms with E-state index in [0.29, 0.717) is 0 Å². The molecule has 0 spiro atoms. The molecule has 0 saturated heterocycles. The van der Waals surface area contributed by atoms with Crippen LogP contribution in [0, 0.1) is 5.41 Å². The lowest BCUT2D eigenvalue weighted by atomic mass is 9.84. The van der Waals surface area contributed by atoms with Crippen LogP contribution in [0.15, 0.2) is 24.8 Å². The molecule has 0 bridgehead atoms. The highest BCUT2D eigenvalue weighted by molar-refractivity contribution is 6.02. The molecule has 0 heterocycles. The number of allylic oxidation sites excluding steroid dienone is 1. The van der Waals surface area contributed by atoms with Crippen molar-refractivity contribution < 1.29 is 28.6 Å². The lowest BCUT2D eigenvalue weighted by Crippen LogP contribution is -2.39. The highest BCUT2D eigenvalue weighted by Crippen LogP contribution is 2.28. The molecule has 0 aliphatic rings. The molecule has 0 amide bonds. The molecule has 0 fully saturated rings. The second-order valence-corrected chi connectivity index (χ2v) is 3.75. The molecule has 6 nitrogen and oxygen atoms in total. The first kappa shape index (κ1) is 17.9. The zero-order valence-corrected chi connectivity index (χ0v) is 12.0. The van der Waals surface area contributed by atoms with Crippen molar-refractivity contribution in [2.75, 3.05) is 20.3 Å². The molecular weight excluding hydrogens is 264 g/mol. The van der Waals surface area contributed by atoms with E-state index in [9.17, 15) is 14.4 Å². The van der Waals surface area contributed by atoms with E-state index < -0.39 is 23.3 Å². The second-order valence-electron chi connectivity index (χ2n) is 3.75. The Hall–Kier alpha value is -2.11. The molecule has 0 aliphatic heterocycles. The third kappa shape index (κ3) is 4.53. The van der Waals surface area contributed by atoms with E-state index in [-0.39, 0.29) is 19.6 Å². The van der Waals surface area contributed by atoms with Crippen molar-refractivity contribution in [3.8, 4) is 0 Å². The summed E-state index contributed by atoms with van der Waals surface area (Å²) in [6.45, 7) is 7.14. The van der Waals surface area contributed by atoms with Gasteiger partial charge in [0.1, 0.15) is 0 Å². The van der Waals surface area contributed by atoms with Gasteiger partial charge in [-0.05, 0) is 20.3 Å². The summed E-state index contributed by atoms with van der Waals surface area (Å²) in [7, 11) is 1.16. The normalized spacial score (nSPS) is 13.3. The molecule has 112 valence electrons. The van der Waals surface area contributed by atoms with Gasteiger partial charge in [-0.1, -0.05) is 12.2 Å². The zero-order chi connectivity index (χ0) is 15.6. The number of hydrogen-bond acceptors (Lipinski definition) is 6. The highest BCUT2D eigenvalue weighted by atomic mass is 16.6. The molecule has 0 rings (SSSR count). The summed E-state index contributed by atoms with van der Waals surface area (Å²) < 4.78 is 14.2. The van der Waals surface area contributed by atoms with Crippen molar-refractivity contribution >= 4 is 17.9 Å². The number of ether oxygens (including phenoxy) is 3. The largest absolute Gasteiger partial charge is 0.468 e. The van der Waals surface area contributed by atoms with E-state index in [4.69, 9.17) is 9.47 Å². The van der Waals surface area contributed by atoms with Crippen LogP contribution in [0.2, 0.25) is 0 Å². The summed E-state index contributed by atoms with van der Waals surface area (Å²) in [6, 6.07) is 0. The van der Waals surface area contributed by atoms with E-state index in [1.807, 2.05) is 0 Å². The molecular formula is C14H20O6. The quantitative estimate of drug-likeness (QED) is 0.220. The molecule has 0 aliphatic carbocycles. The van der Waals surface area contributed by atoms with Crippen LogP contribution in [0.4, 0.5) is 0 Å². The van der Waals surface area contributed by atoms with Gasteiger partial charge >= 0.3 is 17.9 Å². The second kappa shape index (κ2) is 8.90. The Kier molecular flexibility index (Phi) is 7.96. The number of hydrogen-bond donors (Lipinski definition) is 0. The maximum Gasteiger partial charge on any atom is 0.330 e. The van der Waals surface area contributed by atoms with Crippen molar-refractivity contribution in [1.82, 2.24) is 0 Å². The van der Waals surface area contributed by atoms with Crippen molar-refractivity contribution in [1.29, 1.82) is 0 Å². The monoisotopic (exact) mass is 284 g/mol. The average Bonchev–Trinajstić information content (AvgIpc) is 2.43. The van der Waals surface area contributed by atoms with Gasteiger partial charge in [-0.3, -0.25) is 9.59 Å². The van der Waals surface area contributed by atoms with Gasteiger partial charge in [0.2, 0.25) is 0 Å². The Morgan fingerprint density at radius 1 is 1.10 bits per heavy atom. The molecule has 1 unspecified atom stereocenters. The fourth-order valence-corrected chi connectivity index (χ4v) is 1.47. The molecule has 0 N–H and O–H groups in total. The summed E-state index contributed by atoms with van der Waals surface area (Å²) in [4.78, 5) is 35.0. The molecule has 0 aromatic carbocycles. The van der Waals surface area contributed by atoms with Crippen LogP contribution in [0.3, 0.4) is 0 Å². The molecule has 1 atom stereocenters. The minimum absolute atomic E-state index is 0.0964. The predicted molar refractivity (Wildman–Crippen MR) is 71.7 cm³/mol. The molecule has 20 heavy (non-hydrogen) atoms. The van der Waals surface area contributed by atoms with Crippen LogP contribution in [0.5, 0.6) is 0 Å². The van der Waals surface area contributed by atoms with Gasteiger partial charge in [-0.25, -0.2) is 4.79 Å². The summed E-state index contributed by atoms with van der Waals surface area (Å²) in [6.07, 6.45) is 3.56. The first-order valence-electron chi connectivity index (χ1n) is 6.21. The van der Waals surface area contributed by atoms with Crippen LogP contribution in [0.25, 0.3) is 0 Å². The van der Waals surface area contributed by atoms with Crippen LogP contribution in [-0.4, -0.2) is 38.2 Å². The fourth-order valence-electron chi connectivity index (χ4n) is 1.47. The van der Waals surface area contributed by atoms with Gasteiger partial charge in [0.25, 0.3) is 0 Å². The number of esters is 3. The van der Waals surface area contributed by atoms with Crippen LogP contribution < -0.4 is 0 Å². The Morgan fingerprint density at radius 2 is 1.70 bits per heavy atom. The van der Waals surface area contributed by atoms with Gasteiger partial charge in [0, 0.05) is 6.08 Å². The Labute approximate surface area is 118 Å². The highest BCUT2D eigenvalue weighted by Gasteiger charge is 2.45. The molecule has 0 radical (unpaired) electrons. The third-order valence-electron chi connectivity index (χ3n) is 2.52. The van der Waals surface area contributed by atoms with Gasteiger partial charge < -0.3 is 14.2 Å². The van der Waals surface area contributed by atoms with E-state index in [0.717, 1.165) is 19.3 Å². The standard InChI is InChI=1S/C14H20O6/c1-5-14(12(16)18-4,13(17)20-7-3)10-8-9-11(15)19-6-2/h5,8-9H,1,6-7,10H2,2-4H3/b9-8+. The SMILES string of the molecule is C=CC(C/C=C/C(=O)OCC)(C(=O)OC)C(=O)OCC. The lowest BCUT2D eigenvalue weighted by molar-refractivity contribution is -0.166. The number of rotatable bonds is 8. The van der Waals surface area contributed by atoms with E-state index in [2.05, 4.69) is 11.3 Å². The van der Waals surface area contributed by atoms with Gasteiger partial charge in [0.05, 0.1) is 20.3 Å². The first-order chi connectivity index (χ1) is 9.48. The zero-order valence-electron chi connectivity index (χ0n) is 12.0. The third-order valence-corrected chi connectivity index (χ3v) is 2.52. The summed E-state index contributed by atoms with van der Waals surface area (Å²) in [5.41, 5.74) is -1.66. The number of methoxy groups -OCH3 is 1. The maximum absolute atomic E-state index is 12.0. The fraction of sp³-hybridized carbons (Fsp3) is 0.500. The summed E-state index contributed by atoms with van der Waals surface area (Å²) in [5.74, 6) is -2.12. The average molecular weight is 284 g/mol. The molecule has 6 heteroatoms. The molecule has 0 saturated carbocycles. The van der Waals surface area contributed by atoms with E-state index >= 15 is 0 Å². The minimum Gasteiger partial charge on any atom is -0.468 e. The minimum atomic E-state index is -1.66. The Morgan fingerprint density at radius 3 is 2.15 bits per heavy atom. The van der Waals surface area contributed by atoms with Gasteiger partial charge in [-0.2, -0.15) is 0 Å². The lowest BCUT2D eigenvalue weighted by Gasteiger charge is -2.23. The van der Waals surface area contributed by atoms with E-state index in [1.165, 1.54) is 6.08 Å². The van der Waals surface area contributed by atoms with Crippen molar-refractivity contribution in [3.63, 3.8) is 0 Å². The topological polar surface area (TPSA) is 78.9 Å². The smallest absolute Gasteiger partial charge is 0.330 e. The first-order valence-corrected chi connectivity index (χ1v) is 6.21. The van der Waals surface area contributed by atoms with Crippen LogP contribution in [-0.2, 0) is 28.6 Å². The molecule has 0 aromatic heterocycles. The number of carbonyl (C=O) groups is 3. The van der Waals surface area contributed by atoms with Gasteiger partial charge in [0.15, 0.2) is 5.41 Å². The maximum atomic E-state index is 12.0. The Bertz CT molecular complexity index is 398. The molecule has 0 aromatic rings. The van der Waals surface area contributed by atoms with Crippen LogP contribution >= 0.6 is 0 Å². The van der Waals surface area contributed by atoms with Crippen molar-refractivity contribution in [3.05, 3.63) is 24.8 Å².